The molecule has 0 fully saturated rings. The fourth-order valence-electron chi connectivity index (χ4n) is 3.34. The van der Waals surface area contributed by atoms with Gasteiger partial charge in [0.25, 0.3) is 0 Å². The molecule has 0 saturated heterocycles. The second kappa shape index (κ2) is 14.2. The Morgan fingerprint density at radius 1 is 0.658 bits per heavy atom. The number of aromatic nitrogens is 7. The standard InChI is InChI=1S/C12H15N3.C12H13N3.C6H9NS/c1-9(2)10-4-6-11(7-5-10)12-13-8-15(3)14-12;1-9(2)11-5-4-10(8-15-11)12-13-6-3-7-14-12;1-5(2)6-7-3-4-8-6/h4-9H,1-3H3;3-9H,1-2H3;3-5H,1-2H3. The van der Waals surface area contributed by atoms with Crippen molar-refractivity contribution in [1.82, 2.24) is 34.7 Å². The van der Waals surface area contributed by atoms with Crippen LogP contribution in [0.1, 0.15) is 75.6 Å². The van der Waals surface area contributed by atoms with Gasteiger partial charge >= 0.3 is 0 Å². The zero-order chi connectivity index (χ0) is 27.5. The van der Waals surface area contributed by atoms with E-state index in [9.17, 15) is 0 Å². The van der Waals surface area contributed by atoms with Crippen molar-refractivity contribution in [3.63, 3.8) is 0 Å². The first-order valence-corrected chi connectivity index (χ1v) is 13.7. The third-order valence-electron chi connectivity index (χ3n) is 5.58. The van der Waals surface area contributed by atoms with Crippen LogP contribution >= 0.6 is 11.3 Å². The summed E-state index contributed by atoms with van der Waals surface area (Å²) in [5.41, 5.74) is 4.46. The van der Waals surface area contributed by atoms with Crippen LogP contribution in [0.5, 0.6) is 0 Å². The highest BCUT2D eigenvalue weighted by atomic mass is 32.1. The predicted octanol–water partition coefficient (Wildman–Crippen LogP) is 7.53. The third-order valence-corrected chi connectivity index (χ3v) is 6.66. The molecule has 4 aromatic heterocycles. The first-order valence-electron chi connectivity index (χ1n) is 12.8. The number of pyridine rings is 1. The Kier molecular flexibility index (Phi) is 10.8. The second-order valence-corrected chi connectivity index (χ2v) is 10.7. The average molecular weight is 528 g/mol. The lowest BCUT2D eigenvalue weighted by molar-refractivity contribution is 0.768. The van der Waals surface area contributed by atoms with Crippen LogP contribution in [0.25, 0.3) is 22.8 Å². The summed E-state index contributed by atoms with van der Waals surface area (Å²) in [5.74, 6) is 3.12. The van der Waals surface area contributed by atoms with E-state index in [-0.39, 0.29) is 0 Å². The molecular formula is C30H37N7S. The maximum atomic E-state index is 4.37. The van der Waals surface area contributed by atoms with Crippen LogP contribution in [0.15, 0.2) is 79.0 Å². The average Bonchev–Trinajstić information content (AvgIpc) is 3.63. The number of nitrogens with zero attached hydrogens (tertiary/aromatic N) is 7. The highest BCUT2D eigenvalue weighted by Crippen LogP contribution is 2.20. The molecule has 8 heteroatoms. The molecule has 0 radical (unpaired) electrons. The molecule has 0 atom stereocenters. The third kappa shape index (κ3) is 8.66. The number of thiazole rings is 1. The van der Waals surface area contributed by atoms with Gasteiger partial charge < -0.3 is 0 Å². The number of hydrogen-bond acceptors (Lipinski definition) is 7. The van der Waals surface area contributed by atoms with Crippen molar-refractivity contribution < 1.29 is 0 Å². The quantitative estimate of drug-likeness (QED) is 0.235. The van der Waals surface area contributed by atoms with E-state index in [1.54, 1.807) is 40.8 Å². The lowest BCUT2D eigenvalue weighted by atomic mass is 10.0. The van der Waals surface area contributed by atoms with Crippen LogP contribution in [0.3, 0.4) is 0 Å². The first kappa shape index (κ1) is 28.8. The summed E-state index contributed by atoms with van der Waals surface area (Å²) >= 11 is 1.72. The Balaban J connectivity index is 0.000000166. The van der Waals surface area contributed by atoms with E-state index >= 15 is 0 Å². The summed E-state index contributed by atoms with van der Waals surface area (Å²) in [6.07, 6.45) is 8.85. The Bertz CT molecular complexity index is 1330. The normalized spacial score (nSPS) is 10.7. The van der Waals surface area contributed by atoms with Crippen molar-refractivity contribution in [1.29, 1.82) is 0 Å². The first-order chi connectivity index (χ1) is 18.2. The van der Waals surface area contributed by atoms with Crippen LogP contribution in [-0.2, 0) is 7.05 Å². The van der Waals surface area contributed by atoms with Crippen LogP contribution in [0.4, 0.5) is 0 Å². The number of hydrogen-bond donors (Lipinski definition) is 0. The number of benzene rings is 1. The lowest BCUT2D eigenvalue weighted by Gasteiger charge is -2.04. The molecule has 198 valence electrons. The van der Waals surface area contributed by atoms with Crippen molar-refractivity contribution in [2.24, 2.45) is 7.05 Å². The van der Waals surface area contributed by atoms with Gasteiger partial charge in [0.05, 0.1) is 5.01 Å². The molecule has 5 rings (SSSR count). The Morgan fingerprint density at radius 3 is 1.79 bits per heavy atom. The van der Waals surface area contributed by atoms with Gasteiger partial charge in [-0.3, -0.25) is 9.67 Å². The highest BCUT2D eigenvalue weighted by molar-refractivity contribution is 7.09. The zero-order valence-corrected chi connectivity index (χ0v) is 24.1. The Hall–Kier alpha value is -3.78. The van der Waals surface area contributed by atoms with E-state index in [1.807, 2.05) is 37.0 Å². The minimum atomic E-state index is 0.454. The molecule has 0 saturated carbocycles. The molecule has 0 amide bonds. The molecule has 0 bridgehead atoms. The largest absolute Gasteiger partial charge is 0.260 e. The van der Waals surface area contributed by atoms with Gasteiger partial charge in [0.15, 0.2) is 11.6 Å². The van der Waals surface area contributed by atoms with Gasteiger partial charge in [0.1, 0.15) is 6.33 Å². The molecule has 7 nitrogen and oxygen atoms in total. The van der Waals surface area contributed by atoms with Crippen LogP contribution in [0.2, 0.25) is 0 Å². The summed E-state index contributed by atoms with van der Waals surface area (Å²) < 4.78 is 1.71. The summed E-state index contributed by atoms with van der Waals surface area (Å²) in [5, 5.41) is 7.50. The maximum Gasteiger partial charge on any atom is 0.181 e. The van der Waals surface area contributed by atoms with Crippen molar-refractivity contribution in [2.75, 3.05) is 0 Å². The van der Waals surface area contributed by atoms with Crippen molar-refractivity contribution in [2.45, 2.75) is 59.3 Å². The van der Waals surface area contributed by atoms with Crippen LogP contribution < -0.4 is 0 Å². The van der Waals surface area contributed by atoms with Crippen LogP contribution in [-0.4, -0.2) is 34.7 Å². The molecule has 0 spiro atoms. The van der Waals surface area contributed by atoms with Gasteiger partial charge in [-0.15, -0.1) is 11.3 Å². The molecule has 1 aromatic carbocycles. The van der Waals surface area contributed by atoms with E-state index < -0.39 is 0 Å². The maximum absolute atomic E-state index is 4.37. The molecular weight excluding hydrogens is 490 g/mol. The summed E-state index contributed by atoms with van der Waals surface area (Å²) in [7, 11) is 1.87. The van der Waals surface area contributed by atoms with Crippen molar-refractivity contribution in [3.8, 4) is 22.8 Å². The fraction of sp³-hybridized carbons (Fsp3) is 0.333. The highest BCUT2D eigenvalue weighted by Gasteiger charge is 2.05. The van der Waals surface area contributed by atoms with Gasteiger partial charge in [-0.25, -0.2) is 19.9 Å². The van der Waals surface area contributed by atoms with E-state index in [1.165, 1.54) is 10.6 Å². The molecule has 0 aliphatic heterocycles. The van der Waals surface area contributed by atoms with Gasteiger partial charge in [-0.1, -0.05) is 65.8 Å². The Labute approximate surface area is 230 Å². The number of aryl methyl sites for hydroxylation is 1. The second-order valence-electron chi connectivity index (χ2n) is 9.74. The molecule has 0 unspecified atom stereocenters. The molecule has 4 heterocycles. The SMILES string of the molecule is CC(C)c1ccc(-c2ncccn2)cn1.CC(C)c1ccc(-c2ncn(C)n2)cc1.CC(C)c1nccs1. The number of rotatable bonds is 5. The van der Waals surface area contributed by atoms with E-state index in [4.69, 9.17) is 0 Å². The molecule has 0 aliphatic carbocycles. The topological polar surface area (TPSA) is 82.3 Å². The van der Waals surface area contributed by atoms with E-state index in [0.717, 1.165) is 28.5 Å². The molecule has 0 aliphatic rings. The molecule has 0 N–H and O–H groups in total. The Morgan fingerprint density at radius 2 is 1.34 bits per heavy atom. The van der Waals surface area contributed by atoms with Gasteiger partial charge in [0, 0.05) is 60.0 Å². The van der Waals surface area contributed by atoms with Crippen molar-refractivity contribution in [3.05, 3.63) is 95.2 Å². The monoisotopic (exact) mass is 527 g/mol. The lowest BCUT2D eigenvalue weighted by Crippen LogP contribution is -1.93. The van der Waals surface area contributed by atoms with Gasteiger partial charge in [0.2, 0.25) is 0 Å². The van der Waals surface area contributed by atoms with Gasteiger partial charge in [-0.2, -0.15) is 5.10 Å². The zero-order valence-electron chi connectivity index (χ0n) is 23.3. The van der Waals surface area contributed by atoms with Crippen LogP contribution in [0, 0.1) is 0 Å². The summed E-state index contributed by atoms with van der Waals surface area (Å²) in [4.78, 5) is 21.1. The minimum Gasteiger partial charge on any atom is -0.260 e. The smallest absolute Gasteiger partial charge is 0.181 e. The van der Waals surface area contributed by atoms with Gasteiger partial charge in [-0.05, 0) is 35.6 Å². The summed E-state index contributed by atoms with van der Waals surface area (Å²) in [6.45, 7) is 12.9. The fourth-order valence-corrected chi connectivity index (χ4v) is 3.99. The molecule has 5 aromatic rings. The van der Waals surface area contributed by atoms with Crippen molar-refractivity contribution >= 4 is 11.3 Å². The molecule has 38 heavy (non-hydrogen) atoms. The summed E-state index contributed by atoms with van der Waals surface area (Å²) in [6, 6.07) is 14.3. The van der Waals surface area contributed by atoms with E-state index in [2.05, 4.69) is 95.8 Å². The predicted molar refractivity (Wildman–Crippen MR) is 156 cm³/mol. The van der Waals surface area contributed by atoms with E-state index in [0.29, 0.717) is 17.8 Å². The minimum absolute atomic E-state index is 0.454.